The number of halogens is 2. The van der Waals surface area contributed by atoms with E-state index >= 15 is 0 Å². The molecule has 2 aromatic heterocycles. The molecule has 16 heavy (non-hydrogen) atoms. The summed E-state index contributed by atoms with van der Waals surface area (Å²) in [5, 5.41) is 0. The third kappa shape index (κ3) is 4.14. The van der Waals surface area contributed by atoms with Crippen LogP contribution < -0.4 is 17.0 Å². The molecule has 0 aromatic carbocycles. The fourth-order valence-electron chi connectivity index (χ4n) is 1.24. The highest BCUT2D eigenvalue weighted by atomic mass is 35.5. The molecule has 0 aliphatic heterocycles. The van der Waals surface area contributed by atoms with Crippen molar-refractivity contribution < 1.29 is 22.5 Å². The Morgan fingerprint density at radius 1 is 0.938 bits per heavy atom. The van der Waals surface area contributed by atoms with Crippen molar-refractivity contribution in [2.45, 2.75) is 0 Å². The van der Waals surface area contributed by atoms with Gasteiger partial charge >= 0.3 is 0 Å². The Hall–Kier alpha value is -1.16. The number of rotatable bonds is 1. The lowest BCUT2D eigenvalue weighted by Gasteiger charge is -1.97. The number of aromatic nitrogens is 2. The Balaban J connectivity index is 0. The molecule has 2 heterocycles. The van der Waals surface area contributed by atoms with Crippen molar-refractivity contribution >= 4 is 12.4 Å². The van der Waals surface area contributed by atoms with Crippen LogP contribution in [0.3, 0.4) is 0 Å². The molecular formula is C11H14Cl2N2O. The zero-order valence-corrected chi connectivity index (χ0v) is 10.4. The molecule has 2 rings (SSSR count). The van der Waals surface area contributed by atoms with Crippen molar-refractivity contribution in [1.29, 1.82) is 0 Å². The molecule has 2 aromatic rings. The molecule has 2 N–H and O–H groups in total. The van der Waals surface area contributed by atoms with Gasteiger partial charge in [0.05, 0.1) is 0 Å². The molecule has 0 radical (unpaired) electrons. The highest BCUT2D eigenvalue weighted by Crippen LogP contribution is 2.15. The van der Waals surface area contributed by atoms with E-state index in [4.69, 9.17) is 0 Å². The third-order valence-electron chi connectivity index (χ3n) is 1.99. The van der Waals surface area contributed by atoms with Crippen LogP contribution in [-0.2, 0) is 7.05 Å². The molecule has 0 spiro atoms. The first kappa shape index (κ1) is 17.2. The number of aryl methyl sites for hydroxylation is 1. The lowest BCUT2D eigenvalue weighted by molar-refractivity contribution is -0.671. The number of pyridine rings is 2. The molecule has 0 saturated heterocycles. The molecule has 0 aliphatic rings. The van der Waals surface area contributed by atoms with Gasteiger partial charge in [-0.2, -0.15) is 0 Å². The summed E-state index contributed by atoms with van der Waals surface area (Å²) in [6, 6.07) is 8.20. The van der Waals surface area contributed by atoms with Gasteiger partial charge in [-0.25, -0.2) is 4.57 Å². The Bertz CT molecular complexity index is 392. The van der Waals surface area contributed by atoms with Crippen molar-refractivity contribution in [3.8, 4) is 11.1 Å². The number of hydrogen-bond acceptors (Lipinski definition) is 1. The summed E-state index contributed by atoms with van der Waals surface area (Å²) < 4.78 is 2.02. The van der Waals surface area contributed by atoms with Crippen LogP contribution in [0.1, 0.15) is 0 Å². The lowest BCUT2D eigenvalue weighted by Crippen LogP contribution is -3.00. The molecule has 0 atom stereocenters. The highest BCUT2D eigenvalue weighted by molar-refractivity contribution is 5.85. The van der Waals surface area contributed by atoms with E-state index in [-0.39, 0.29) is 30.3 Å². The topological polar surface area (TPSA) is 48.3 Å². The van der Waals surface area contributed by atoms with E-state index < -0.39 is 0 Å². The molecule has 3 nitrogen and oxygen atoms in total. The summed E-state index contributed by atoms with van der Waals surface area (Å²) in [5.41, 5.74) is 2.43. The fraction of sp³-hybridized carbons (Fsp3) is 0.0909. The van der Waals surface area contributed by atoms with Gasteiger partial charge in [0.1, 0.15) is 7.05 Å². The summed E-state index contributed by atoms with van der Waals surface area (Å²) >= 11 is 0. The van der Waals surface area contributed by atoms with Crippen LogP contribution in [0.25, 0.3) is 11.1 Å². The average Bonchev–Trinajstić information content (AvgIpc) is 2.20. The van der Waals surface area contributed by atoms with Crippen LogP contribution in [0.5, 0.6) is 0 Å². The van der Waals surface area contributed by atoms with Crippen molar-refractivity contribution in [3.63, 3.8) is 0 Å². The summed E-state index contributed by atoms with van der Waals surface area (Å²) in [4.78, 5) is 3.98. The first-order valence-electron chi connectivity index (χ1n) is 4.22. The van der Waals surface area contributed by atoms with Crippen LogP contribution >= 0.6 is 12.4 Å². The summed E-state index contributed by atoms with van der Waals surface area (Å²) in [7, 11) is 2.01. The third-order valence-corrected chi connectivity index (χ3v) is 1.99. The minimum absolute atomic E-state index is 0. The Kier molecular flexibility index (Phi) is 8.67. The highest BCUT2D eigenvalue weighted by Gasteiger charge is 1.97. The zero-order valence-electron chi connectivity index (χ0n) is 8.80. The van der Waals surface area contributed by atoms with Crippen LogP contribution in [0.4, 0.5) is 0 Å². The summed E-state index contributed by atoms with van der Waals surface area (Å²) in [6.07, 6.45) is 7.69. The summed E-state index contributed by atoms with van der Waals surface area (Å²) in [5.74, 6) is 0. The number of nitrogens with zero attached hydrogens (tertiary/aromatic N) is 2. The monoisotopic (exact) mass is 260 g/mol. The smallest absolute Gasteiger partial charge is 0.169 e. The maximum Gasteiger partial charge on any atom is 0.169 e. The molecular weight excluding hydrogens is 247 g/mol. The maximum atomic E-state index is 3.98. The Morgan fingerprint density at radius 2 is 1.38 bits per heavy atom. The predicted molar refractivity (Wildman–Crippen MR) is 61.7 cm³/mol. The minimum atomic E-state index is 0. The van der Waals surface area contributed by atoms with E-state index in [1.54, 1.807) is 0 Å². The van der Waals surface area contributed by atoms with Gasteiger partial charge in [0.15, 0.2) is 12.4 Å². The maximum absolute atomic E-state index is 3.98. The van der Waals surface area contributed by atoms with Crippen LogP contribution in [0.15, 0.2) is 49.1 Å². The van der Waals surface area contributed by atoms with Crippen molar-refractivity contribution in [1.82, 2.24) is 4.98 Å². The van der Waals surface area contributed by atoms with E-state index in [9.17, 15) is 0 Å². The minimum Gasteiger partial charge on any atom is -1.00 e. The molecule has 0 saturated carbocycles. The second-order valence-electron chi connectivity index (χ2n) is 2.99. The summed E-state index contributed by atoms with van der Waals surface area (Å²) in [6.45, 7) is 0. The molecule has 0 aliphatic carbocycles. The van der Waals surface area contributed by atoms with Gasteiger partial charge in [-0.1, -0.05) is 0 Å². The average molecular weight is 261 g/mol. The van der Waals surface area contributed by atoms with Crippen LogP contribution in [0.2, 0.25) is 0 Å². The van der Waals surface area contributed by atoms with Gasteiger partial charge in [0, 0.05) is 24.5 Å². The molecule has 88 valence electrons. The second-order valence-corrected chi connectivity index (χ2v) is 2.99. The molecule has 0 amide bonds. The lowest BCUT2D eigenvalue weighted by atomic mass is 10.1. The van der Waals surface area contributed by atoms with Gasteiger partial charge in [0.2, 0.25) is 0 Å². The first-order chi connectivity index (χ1) is 6.36. The fourth-order valence-corrected chi connectivity index (χ4v) is 1.24. The Labute approximate surface area is 107 Å². The standard InChI is InChI=1S/C11H11N2.2ClH.H2O/c1-13-8-4-11(5-9-13)10-2-6-12-7-3-10;;;/h2-9H,1H3;2*1H;1H2/q+1;;;/p-1. The van der Waals surface area contributed by atoms with Gasteiger partial charge in [-0.3, -0.25) is 4.98 Å². The van der Waals surface area contributed by atoms with E-state index in [0.29, 0.717) is 0 Å². The normalized spacial score (nSPS) is 8.06. The largest absolute Gasteiger partial charge is 1.00 e. The molecule has 5 heteroatoms. The van der Waals surface area contributed by atoms with Crippen molar-refractivity contribution in [2.75, 3.05) is 0 Å². The van der Waals surface area contributed by atoms with Crippen molar-refractivity contribution in [3.05, 3.63) is 49.1 Å². The predicted octanol–water partition coefficient (Wildman–Crippen LogP) is -1.83. The quantitative estimate of drug-likeness (QED) is 0.557. The van der Waals surface area contributed by atoms with E-state index in [2.05, 4.69) is 17.1 Å². The molecule has 0 fully saturated rings. The number of hydrogen-bond donors (Lipinski definition) is 0. The van der Waals surface area contributed by atoms with Gasteiger partial charge in [-0.15, -0.1) is 12.4 Å². The second kappa shape index (κ2) is 8.05. The zero-order chi connectivity index (χ0) is 9.10. The Morgan fingerprint density at radius 3 is 1.88 bits per heavy atom. The molecule has 0 bridgehead atoms. The van der Waals surface area contributed by atoms with Crippen LogP contribution in [-0.4, -0.2) is 10.5 Å². The van der Waals surface area contributed by atoms with Gasteiger partial charge < -0.3 is 17.9 Å². The SMILES string of the molecule is C[n+]1ccc(-c2ccncc2)cc1.Cl.O.[Cl-]. The van der Waals surface area contributed by atoms with Crippen molar-refractivity contribution in [2.24, 2.45) is 7.05 Å². The van der Waals surface area contributed by atoms with E-state index in [1.165, 1.54) is 11.1 Å². The molecule has 0 unspecified atom stereocenters. The first-order valence-corrected chi connectivity index (χ1v) is 4.22. The van der Waals surface area contributed by atoms with Crippen LogP contribution in [0, 0.1) is 0 Å². The van der Waals surface area contributed by atoms with E-state index in [0.717, 1.165) is 0 Å². The van der Waals surface area contributed by atoms with Gasteiger partial charge in [0.25, 0.3) is 0 Å². The van der Waals surface area contributed by atoms with E-state index in [1.807, 2.05) is 48.5 Å². The van der Waals surface area contributed by atoms with Gasteiger partial charge in [-0.05, 0) is 23.3 Å².